The third-order valence-electron chi connectivity index (χ3n) is 3.88. The van der Waals surface area contributed by atoms with Crippen molar-refractivity contribution in [1.82, 2.24) is 9.21 Å². The average Bonchev–Trinajstić information content (AvgIpc) is 2.59. The summed E-state index contributed by atoms with van der Waals surface area (Å²) in [6, 6.07) is 7.87. The average molecular weight is 358 g/mol. The molecule has 128 valence electrons. The number of amides is 1. The number of carbonyl (C=O) groups excluding carboxylic acids is 1. The summed E-state index contributed by atoms with van der Waals surface area (Å²) >= 11 is 1.66. The summed E-state index contributed by atoms with van der Waals surface area (Å²) in [4.78, 5) is 14.2. The van der Waals surface area contributed by atoms with Gasteiger partial charge in [-0.1, -0.05) is 18.2 Å². The van der Waals surface area contributed by atoms with Crippen LogP contribution in [0.15, 0.2) is 35.2 Å². The van der Waals surface area contributed by atoms with Crippen molar-refractivity contribution >= 4 is 27.7 Å². The standard InChI is InChI=1S/C15H23N3O3S2/c1-22-12-7-14(16)15(19)17-8-10-18(11-9-17)23(20,21)13-5-3-2-4-6-13/h2-6,14H,7-12,16H2,1H3/t14-/m0/s1. The minimum absolute atomic E-state index is 0.0872. The van der Waals surface area contributed by atoms with Crippen LogP contribution < -0.4 is 5.73 Å². The largest absolute Gasteiger partial charge is 0.339 e. The molecule has 1 heterocycles. The van der Waals surface area contributed by atoms with E-state index in [-0.39, 0.29) is 10.8 Å². The van der Waals surface area contributed by atoms with Crippen molar-refractivity contribution < 1.29 is 13.2 Å². The molecular formula is C15H23N3O3S2. The molecule has 1 atom stereocenters. The number of rotatable bonds is 6. The highest BCUT2D eigenvalue weighted by Gasteiger charge is 2.31. The number of hydrogen-bond donors (Lipinski definition) is 1. The van der Waals surface area contributed by atoms with E-state index in [1.807, 2.05) is 6.26 Å². The minimum atomic E-state index is -3.48. The summed E-state index contributed by atoms with van der Waals surface area (Å²) in [7, 11) is -3.48. The number of nitrogens with zero attached hydrogens (tertiary/aromatic N) is 2. The number of nitrogens with two attached hydrogens (primary N) is 1. The molecule has 0 radical (unpaired) electrons. The number of carbonyl (C=O) groups is 1. The van der Waals surface area contributed by atoms with Crippen LogP contribution in [-0.4, -0.2) is 67.8 Å². The Bertz CT molecular complexity index is 614. The number of piperazine rings is 1. The zero-order valence-electron chi connectivity index (χ0n) is 13.2. The summed E-state index contributed by atoms with van der Waals surface area (Å²) in [5.41, 5.74) is 5.91. The molecule has 0 saturated carbocycles. The van der Waals surface area contributed by atoms with Gasteiger partial charge in [0.2, 0.25) is 15.9 Å². The molecular weight excluding hydrogens is 334 g/mol. The van der Waals surface area contributed by atoms with Crippen molar-refractivity contribution in [3.8, 4) is 0 Å². The molecule has 0 bridgehead atoms. The Balaban J connectivity index is 1.95. The van der Waals surface area contributed by atoms with Gasteiger partial charge in [0.25, 0.3) is 0 Å². The van der Waals surface area contributed by atoms with Gasteiger partial charge in [0.15, 0.2) is 0 Å². The fourth-order valence-corrected chi connectivity index (χ4v) is 4.43. The third kappa shape index (κ3) is 4.47. The Morgan fingerprint density at radius 2 is 1.83 bits per heavy atom. The molecule has 1 amide bonds. The molecule has 2 rings (SSSR count). The molecule has 1 aliphatic rings. The fraction of sp³-hybridized carbons (Fsp3) is 0.533. The number of sulfonamides is 1. The Morgan fingerprint density at radius 3 is 2.39 bits per heavy atom. The Kier molecular flexibility index (Phi) is 6.46. The van der Waals surface area contributed by atoms with E-state index in [0.717, 1.165) is 5.75 Å². The minimum Gasteiger partial charge on any atom is -0.339 e. The van der Waals surface area contributed by atoms with Crippen molar-refractivity contribution in [2.75, 3.05) is 38.2 Å². The van der Waals surface area contributed by atoms with Gasteiger partial charge in [0.05, 0.1) is 10.9 Å². The Labute approximate surface area is 142 Å². The summed E-state index contributed by atoms with van der Waals surface area (Å²) < 4.78 is 26.5. The van der Waals surface area contributed by atoms with E-state index in [4.69, 9.17) is 5.73 Å². The number of benzene rings is 1. The van der Waals surface area contributed by atoms with Gasteiger partial charge in [-0.15, -0.1) is 0 Å². The molecule has 0 aliphatic carbocycles. The van der Waals surface area contributed by atoms with Gasteiger partial charge in [0, 0.05) is 26.2 Å². The van der Waals surface area contributed by atoms with Crippen LogP contribution in [0.25, 0.3) is 0 Å². The van der Waals surface area contributed by atoms with Gasteiger partial charge in [0.1, 0.15) is 0 Å². The molecule has 1 aromatic carbocycles. The fourth-order valence-electron chi connectivity index (χ4n) is 2.49. The van der Waals surface area contributed by atoms with Crippen molar-refractivity contribution in [3.05, 3.63) is 30.3 Å². The first-order valence-electron chi connectivity index (χ1n) is 7.55. The van der Waals surface area contributed by atoms with E-state index in [2.05, 4.69) is 0 Å². The monoisotopic (exact) mass is 357 g/mol. The zero-order valence-corrected chi connectivity index (χ0v) is 14.9. The van der Waals surface area contributed by atoms with Gasteiger partial charge in [-0.2, -0.15) is 16.1 Å². The number of thioether (sulfide) groups is 1. The molecule has 0 unspecified atom stereocenters. The maximum absolute atomic E-state index is 12.5. The lowest BCUT2D eigenvalue weighted by Gasteiger charge is -2.35. The van der Waals surface area contributed by atoms with Gasteiger partial charge in [-0.3, -0.25) is 4.79 Å². The molecule has 1 fully saturated rings. The van der Waals surface area contributed by atoms with Gasteiger partial charge in [-0.25, -0.2) is 8.42 Å². The van der Waals surface area contributed by atoms with Crippen LogP contribution in [0.1, 0.15) is 6.42 Å². The van der Waals surface area contributed by atoms with Crippen molar-refractivity contribution in [2.24, 2.45) is 5.73 Å². The Morgan fingerprint density at radius 1 is 1.22 bits per heavy atom. The predicted octanol–water partition coefficient (Wildman–Crippen LogP) is 0.600. The van der Waals surface area contributed by atoms with Crippen LogP contribution >= 0.6 is 11.8 Å². The first kappa shape index (κ1) is 18.3. The van der Waals surface area contributed by atoms with E-state index in [9.17, 15) is 13.2 Å². The first-order valence-corrected chi connectivity index (χ1v) is 10.4. The lowest BCUT2D eigenvalue weighted by atomic mass is 10.2. The molecule has 6 nitrogen and oxygen atoms in total. The molecule has 2 N–H and O–H groups in total. The van der Waals surface area contributed by atoms with Crippen molar-refractivity contribution in [2.45, 2.75) is 17.4 Å². The summed E-state index contributed by atoms with van der Waals surface area (Å²) in [5.74, 6) is 0.755. The van der Waals surface area contributed by atoms with E-state index >= 15 is 0 Å². The Hall–Kier alpha value is -1.09. The molecule has 0 aromatic heterocycles. The lowest BCUT2D eigenvalue weighted by molar-refractivity contribution is -0.133. The molecule has 0 spiro atoms. The predicted molar refractivity (Wildman–Crippen MR) is 92.8 cm³/mol. The van der Waals surface area contributed by atoms with Crippen LogP contribution in [0, 0.1) is 0 Å². The molecule has 1 aliphatic heterocycles. The maximum atomic E-state index is 12.5. The van der Waals surface area contributed by atoms with Crippen LogP contribution in [0.4, 0.5) is 0 Å². The van der Waals surface area contributed by atoms with Gasteiger partial charge < -0.3 is 10.6 Å². The number of hydrogen-bond acceptors (Lipinski definition) is 5. The smallest absolute Gasteiger partial charge is 0.243 e. The third-order valence-corrected chi connectivity index (χ3v) is 6.44. The first-order chi connectivity index (χ1) is 11.0. The molecule has 8 heteroatoms. The second kappa shape index (κ2) is 8.14. The highest BCUT2D eigenvalue weighted by atomic mass is 32.2. The highest BCUT2D eigenvalue weighted by Crippen LogP contribution is 2.17. The van der Waals surface area contributed by atoms with Gasteiger partial charge >= 0.3 is 0 Å². The normalized spacial score (nSPS) is 17.9. The van der Waals surface area contributed by atoms with Crippen LogP contribution in [0.2, 0.25) is 0 Å². The van der Waals surface area contributed by atoms with Gasteiger partial charge in [-0.05, 0) is 30.6 Å². The molecule has 1 saturated heterocycles. The van der Waals surface area contributed by atoms with E-state index in [1.165, 1.54) is 4.31 Å². The lowest BCUT2D eigenvalue weighted by Crippen LogP contribution is -2.54. The van der Waals surface area contributed by atoms with E-state index in [1.54, 1.807) is 47.0 Å². The maximum Gasteiger partial charge on any atom is 0.243 e. The van der Waals surface area contributed by atoms with Crippen LogP contribution in [0.5, 0.6) is 0 Å². The topological polar surface area (TPSA) is 83.7 Å². The SMILES string of the molecule is CSCC[C@H](N)C(=O)N1CCN(S(=O)(=O)c2ccccc2)CC1. The summed E-state index contributed by atoms with van der Waals surface area (Å²) in [5, 5.41) is 0. The molecule has 1 aromatic rings. The van der Waals surface area contributed by atoms with Crippen LogP contribution in [-0.2, 0) is 14.8 Å². The second-order valence-electron chi connectivity index (χ2n) is 5.43. The zero-order chi connectivity index (χ0) is 16.9. The van der Waals surface area contributed by atoms with Crippen molar-refractivity contribution in [3.63, 3.8) is 0 Å². The summed E-state index contributed by atoms with van der Waals surface area (Å²) in [6.45, 7) is 1.38. The highest BCUT2D eigenvalue weighted by molar-refractivity contribution is 7.98. The van der Waals surface area contributed by atoms with Crippen LogP contribution in [0.3, 0.4) is 0 Å². The molecule has 23 heavy (non-hydrogen) atoms. The quantitative estimate of drug-likeness (QED) is 0.806. The second-order valence-corrected chi connectivity index (χ2v) is 8.35. The van der Waals surface area contributed by atoms with E-state index in [0.29, 0.717) is 32.6 Å². The summed E-state index contributed by atoms with van der Waals surface area (Å²) in [6.07, 6.45) is 2.62. The van der Waals surface area contributed by atoms with Crippen molar-refractivity contribution in [1.29, 1.82) is 0 Å². The van der Waals surface area contributed by atoms with E-state index < -0.39 is 16.1 Å².